The van der Waals surface area contributed by atoms with Crippen molar-refractivity contribution in [1.29, 1.82) is 0 Å². The van der Waals surface area contributed by atoms with Gasteiger partial charge in [-0.1, -0.05) is 5.16 Å². The minimum atomic E-state index is 0.0311. The van der Waals surface area contributed by atoms with Crippen molar-refractivity contribution < 1.29 is 5.21 Å². The summed E-state index contributed by atoms with van der Waals surface area (Å²) in [5, 5.41) is 15.9. The summed E-state index contributed by atoms with van der Waals surface area (Å²) in [6, 6.07) is 3.49. The lowest BCUT2D eigenvalue weighted by atomic mass is 10.2. The normalized spacial score (nSPS) is 11.8. The van der Waals surface area contributed by atoms with Crippen LogP contribution >= 0.6 is 15.9 Å². The zero-order chi connectivity index (χ0) is 13.3. The van der Waals surface area contributed by atoms with Crippen molar-refractivity contribution in [2.75, 3.05) is 0 Å². The van der Waals surface area contributed by atoms with Gasteiger partial charge in [-0.3, -0.25) is 0 Å². The van der Waals surface area contributed by atoms with Gasteiger partial charge in [-0.2, -0.15) is 5.10 Å². The van der Waals surface area contributed by atoms with Crippen LogP contribution in [0.4, 0.5) is 0 Å². The van der Waals surface area contributed by atoms with Gasteiger partial charge in [0.05, 0.1) is 15.9 Å². The van der Waals surface area contributed by atoms with E-state index < -0.39 is 0 Å². The smallest absolute Gasteiger partial charge is 0.171 e. The zero-order valence-corrected chi connectivity index (χ0v) is 11.5. The number of halogens is 1. The average Bonchev–Trinajstić information content (AvgIpc) is 2.66. The van der Waals surface area contributed by atoms with E-state index in [1.165, 1.54) is 6.20 Å². The molecule has 0 unspecified atom stereocenters. The lowest BCUT2D eigenvalue weighted by Crippen LogP contribution is -2.14. The van der Waals surface area contributed by atoms with E-state index in [0.29, 0.717) is 11.4 Å². The molecule has 2 aromatic heterocycles. The van der Waals surface area contributed by atoms with Crippen LogP contribution < -0.4 is 5.73 Å². The van der Waals surface area contributed by atoms with E-state index in [9.17, 15) is 0 Å². The number of nitrogens with two attached hydrogens (primary N) is 1. The first kappa shape index (κ1) is 12.6. The number of amidine groups is 1. The minimum Gasteiger partial charge on any atom is -0.409 e. The highest BCUT2D eigenvalue weighted by Gasteiger charge is 2.11. The summed E-state index contributed by atoms with van der Waals surface area (Å²) in [5.74, 6) is 0.708. The molecule has 0 aliphatic rings. The van der Waals surface area contributed by atoms with Crippen LogP contribution in [0.15, 0.2) is 28.0 Å². The van der Waals surface area contributed by atoms with Crippen LogP contribution in [0, 0.1) is 13.8 Å². The molecule has 0 saturated carbocycles. The molecular formula is C11H12BrN5O. The van der Waals surface area contributed by atoms with Crippen molar-refractivity contribution >= 4 is 21.8 Å². The van der Waals surface area contributed by atoms with Gasteiger partial charge in [0.1, 0.15) is 0 Å². The van der Waals surface area contributed by atoms with Gasteiger partial charge >= 0.3 is 0 Å². The molecule has 0 aromatic carbocycles. The first-order valence-corrected chi connectivity index (χ1v) is 6.00. The molecule has 0 radical (unpaired) electrons. The topological polar surface area (TPSA) is 89.3 Å². The predicted molar refractivity (Wildman–Crippen MR) is 71.0 cm³/mol. The van der Waals surface area contributed by atoms with Gasteiger partial charge in [0.2, 0.25) is 0 Å². The van der Waals surface area contributed by atoms with Gasteiger partial charge in [-0.25, -0.2) is 9.67 Å². The van der Waals surface area contributed by atoms with E-state index in [4.69, 9.17) is 10.9 Å². The summed E-state index contributed by atoms with van der Waals surface area (Å²) in [4.78, 5) is 4.24. The number of hydrogen-bond donors (Lipinski definition) is 2. The molecule has 0 aliphatic carbocycles. The molecule has 0 bridgehead atoms. The zero-order valence-electron chi connectivity index (χ0n) is 9.92. The Morgan fingerprint density at radius 3 is 2.61 bits per heavy atom. The maximum Gasteiger partial charge on any atom is 0.171 e. The third kappa shape index (κ3) is 2.08. The van der Waals surface area contributed by atoms with Crippen LogP contribution in [0.5, 0.6) is 0 Å². The molecule has 0 saturated heterocycles. The fraction of sp³-hybridized carbons (Fsp3) is 0.182. The molecule has 7 heteroatoms. The monoisotopic (exact) mass is 309 g/mol. The number of aryl methyl sites for hydroxylation is 1. The molecule has 3 N–H and O–H groups in total. The molecule has 2 rings (SSSR count). The quantitative estimate of drug-likeness (QED) is 0.383. The van der Waals surface area contributed by atoms with Crippen molar-refractivity contribution in [2.45, 2.75) is 13.8 Å². The first-order chi connectivity index (χ1) is 8.54. The Balaban J connectivity index is 2.43. The number of rotatable bonds is 2. The van der Waals surface area contributed by atoms with Gasteiger partial charge < -0.3 is 10.9 Å². The van der Waals surface area contributed by atoms with E-state index in [1.54, 1.807) is 16.8 Å². The SMILES string of the molecule is Cc1nn(-c2ccc(C(N)=NO)cn2)c(C)c1Br. The third-order valence-electron chi connectivity index (χ3n) is 2.57. The number of pyridine rings is 1. The van der Waals surface area contributed by atoms with Crippen LogP contribution in [0.25, 0.3) is 5.82 Å². The van der Waals surface area contributed by atoms with Gasteiger partial charge in [-0.15, -0.1) is 0 Å². The van der Waals surface area contributed by atoms with Crippen molar-refractivity contribution in [2.24, 2.45) is 10.9 Å². The fourth-order valence-corrected chi connectivity index (χ4v) is 1.81. The van der Waals surface area contributed by atoms with Crippen LogP contribution in [-0.2, 0) is 0 Å². The second-order valence-corrected chi connectivity index (χ2v) is 4.58. The summed E-state index contributed by atoms with van der Waals surface area (Å²) in [7, 11) is 0. The van der Waals surface area contributed by atoms with E-state index in [-0.39, 0.29) is 5.84 Å². The van der Waals surface area contributed by atoms with E-state index in [0.717, 1.165) is 15.9 Å². The summed E-state index contributed by atoms with van der Waals surface area (Å²) >= 11 is 3.46. The molecule has 6 nitrogen and oxygen atoms in total. The second kappa shape index (κ2) is 4.77. The minimum absolute atomic E-state index is 0.0311. The summed E-state index contributed by atoms with van der Waals surface area (Å²) in [6.45, 7) is 3.86. The Morgan fingerprint density at radius 2 is 2.17 bits per heavy atom. The van der Waals surface area contributed by atoms with Crippen LogP contribution in [0.3, 0.4) is 0 Å². The molecule has 0 fully saturated rings. The van der Waals surface area contributed by atoms with Gasteiger partial charge in [0.25, 0.3) is 0 Å². The lowest BCUT2D eigenvalue weighted by molar-refractivity contribution is 0.318. The average molecular weight is 310 g/mol. The Morgan fingerprint density at radius 1 is 1.44 bits per heavy atom. The predicted octanol–water partition coefficient (Wildman–Crippen LogP) is 1.74. The Hall–Kier alpha value is -1.89. The Labute approximate surface area is 112 Å². The largest absolute Gasteiger partial charge is 0.409 e. The Kier molecular flexibility index (Phi) is 3.33. The highest BCUT2D eigenvalue weighted by molar-refractivity contribution is 9.10. The number of aromatic nitrogens is 3. The van der Waals surface area contributed by atoms with E-state index >= 15 is 0 Å². The Bertz CT molecular complexity index is 603. The number of hydrogen-bond acceptors (Lipinski definition) is 4. The highest BCUT2D eigenvalue weighted by atomic mass is 79.9. The molecule has 94 valence electrons. The van der Waals surface area contributed by atoms with Crippen molar-refractivity contribution in [3.63, 3.8) is 0 Å². The van der Waals surface area contributed by atoms with Gasteiger partial charge in [0, 0.05) is 11.8 Å². The molecule has 0 aliphatic heterocycles. The van der Waals surface area contributed by atoms with Crippen LogP contribution in [0.1, 0.15) is 17.0 Å². The molecule has 2 aromatic rings. The standard InChI is InChI=1S/C11H12BrN5O/c1-6-10(12)7(2)17(15-6)9-4-3-8(5-14-9)11(13)16-18/h3-5,18H,1-2H3,(H2,13,16). The maximum atomic E-state index is 8.57. The van der Waals surface area contributed by atoms with Crippen molar-refractivity contribution in [1.82, 2.24) is 14.8 Å². The first-order valence-electron chi connectivity index (χ1n) is 5.20. The van der Waals surface area contributed by atoms with E-state index in [1.807, 2.05) is 13.8 Å². The summed E-state index contributed by atoms with van der Waals surface area (Å²) in [5.41, 5.74) is 7.90. The van der Waals surface area contributed by atoms with Crippen molar-refractivity contribution in [3.05, 3.63) is 39.8 Å². The molecule has 0 amide bonds. The third-order valence-corrected chi connectivity index (χ3v) is 3.72. The molecule has 18 heavy (non-hydrogen) atoms. The molecule has 0 spiro atoms. The van der Waals surface area contributed by atoms with Crippen molar-refractivity contribution in [3.8, 4) is 5.82 Å². The van der Waals surface area contributed by atoms with Crippen LogP contribution in [0.2, 0.25) is 0 Å². The van der Waals surface area contributed by atoms with E-state index in [2.05, 4.69) is 31.2 Å². The summed E-state index contributed by atoms with van der Waals surface area (Å²) < 4.78 is 2.69. The fourth-order valence-electron chi connectivity index (χ4n) is 1.57. The maximum absolute atomic E-state index is 8.57. The lowest BCUT2D eigenvalue weighted by Gasteiger charge is -2.04. The highest BCUT2D eigenvalue weighted by Crippen LogP contribution is 2.22. The molecule has 0 atom stereocenters. The second-order valence-electron chi connectivity index (χ2n) is 3.79. The van der Waals surface area contributed by atoms with Crippen LogP contribution in [-0.4, -0.2) is 25.8 Å². The number of nitrogens with zero attached hydrogens (tertiary/aromatic N) is 4. The number of oxime groups is 1. The molecule has 2 heterocycles. The summed E-state index contributed by atoms with van der Waals surface area (Å²) in [6.07, 6.45) is 1.54. The van der Waals surface area contributed by atoms with Gasteiger partial charge in [-0.05, 0) is 41.9 Å². The molecular weight excluding hydrogens is 298 g/mol. The van der Waals surface area contributed by atoms with Gasteiger partial charge in [0.15, 0.2) is 11.7 Å².